The first kappa shape index (κ1) is 22.4. The van der Waals surface area contributed by atoms with Gasteiger partial charge < -0.3 is 14.1 Å². The Balaban J connectivity index is 1.56. The Labute approximate surface area is 184 Å². The molecule has 1 heterocycles. The molecule has 0 saturated carbocycles. The third-order valence-corrected chi connectivity index (χ3v) is 5.22. The van der Waals surface area contributed by atoms with Crippen LogP contribution < -0.4 is 4.74 Å². The smallest absolute Gasteiger partial charge is 0.220 e. The molecule has 30 heavy (non-hydrogen) atoms. The molecular weight excluding hydrogens is 396 g/mol. The zero-order chi connectivity index (χ0) is 21.2. The molecule has 0 radical (unpaired) electrons. The van der Waals surface area contributed by atoms with E-state index in [1.54, 1.807) is 0 Å². The van der Waals surface area contributed by atoms with E-state index in [0.29, 0.717) is 12.5 Å². The van der Waals surface area contributed by atoms with Crippen molar-refractivity contribution in [1.82, 2.24) is 9.88 Å². The van der Waals surface area contributed by atoms with Crippen LogP contribution in [0.4, 0.5) is 0 Å². The first-order valence-corrected chi connectivity index (χ1v) is 11.2. The number of fused-ring (bicyclic) bond motifs is 1. The lowest BCUT2D eigenvalue weighted by Crippen LogP contribution is -2.32. The average Bonchev–Trinajstić information content (AvgIpc) is 3.16. The Morgan fingerprint density at radius 1 is 1.03 bits per heavy atom. The zero-order valence-electron chi connectivity index (χ0n) is 17.9. The second-order valence-corrected chi connectivity index (χ2v) is 8.04. The highest BCUT2D eigenvalue weighted by Crippen LogP contribution is 2.22. The largest absolute Gasteiger partial charge is 0.493 e. The quantitative estimate of drug-likeness (QED) is 0.310. The van der Waals surface area contributed by atoms with E-state index in [2.05, 4.69) is 23.7 Å². The third kappa shape index (κ3) is 6.61. The molecule has 2 aromatic carbocycles. The molecule has 0 aliphatic carbocycles. The summed E-state index contributed by atoms with van der Waals surface area (Å²) in [6, 6.07) is 15.7. The van der Waals surface area contributed by atoms with Gasteiger partial charge in [-0.25, -0.2) is 4.98 Å². The van der Waals surface area contributed by atoms with Gasteiger partial charge in [0.1, 0.15) is 11.3 Å². The fourth-order valence-corrected chi connectivity index (χ4v) is 3.75. The number of hydrogen-bond donors (Lipinski definition) is 0. The topological polar surface area (TPSA) is 38.5 Å². The monoisotopic (exact) mass is 426 g/mol. The maximum atomic E-state index is 6.58. The van der Waals surface area contributed by atoms with Crippen molar-refractivity contribution >= 4 is 34.9 Å². The maximum Gasteiger partial charge on any atom is 0.220 e. The number of halogens is 1. The molecule has 0 fully saturated rings. The fourth-order valence-electron chi connectivity index (χ4n) is 3.47. The second-order valence-electron chi connectivity index (χ2n) is 7.43. The number of aromatic nitrogens is 1. The van der Waals surface area contributed by atoms with Gasteiger partial charge in [-0.3, -0.25) is 0 Å². The SMILES string of the molecule is CCCN(CCC)CC(Cl)CCOc1ccccc1/C=C/c1nc2ccccc2o1. The molecule has 4 nitrogen and oxygen atoms in total. The molecular formula is C25H31ClN2O2. The molecule has 0 aliphatic rings. The van der Waals surface area contributed by atoms with Crippen LogP contribution >= 0.6 is 11.6 Å². The van der Waals surface area contributed by atoms with Crippen LogP contribution in [0.25, 0.3) is 23.3 Å². The Morgan fingerprint density at radius 3 is 2.53 bits per heavy atom. The van der Waals surface area contributed by atoms with Gasteiger partial charge in [0.15, 0.2) is 5.58 Å². The minimum atomic E-state index is 0.0885. The van der Waals surface area contributed by atoms with Gasteiger partial charge in [0.05, 0.1) is 6.61 Å². The summed E-state index contributed by atoms with van der Waals surface area (Å²) in [4.78, 5) is 6.92. The number of benzene rings is 2. The van der Waals surface area contributed by atoms with Crippen LogP contribution in [0.5, 0.6) is 5.75 Å². The van der Waals surface area contributed by atoms with E-state index >= 15 is 0 Å². The highest BCUT2D eigenvalue weighted by molar-refractivity contribution is 6.20. The zero-order valence-corrected chi connectivity index (χ0v) is 18.6. The van der Waals surface area contributed by atoms with Crippen molar-refractivity contribution in [2.45, 2.75) is 38.5 Å². The van der Waals surface area contributed by atoms with Crippen LogP contribution in [0.2, 0.25) is 0 Å². The molecule has 160 valence electrons. The Hall–Kier alpha value is -2.30. The van der Waals surface area contributed by atoms with Gasteiger partial charge in [0.25, 0.3) is 0 Å². The van der Waals surface area contributed by atoms with Crippen molar-refractivity contribution in [3.8, 4) is 5.75 Å². The number of para-hydroxylation sites is 3. The molecule has 0 saturated heterocycles. The van der Waals surface area contributed by atoms with Gasteiger partial charge in [0.2, 0.25) is 5.89 Å². The van der Waals surface area contributed by atoms with Crippen molar-refractivity contribution in [1.29, 1.82) is 0 Å². The van der Waals surface area contributed by atoms with Crippen molar-refractivity contribution in [2.75, 3.05) is 26.2 Å². The van der Waals surface area contributed by atoms with Gasteiger partial charge in [0, 0.05) is 23.6 Å². The molecule has 0 amide bonds. The lowest BCUT2D eigenvalue weighted by atomic mass is 10.2. The molecule has 0 bridgehead atoms. The van der Waals surface area contributed by atoms with Crippen LogP contribution in [0.1, 0.15) is 44.6 Å². The molecule has 3 aromatic rings. The molecule has 1 unspecified atom stereocenters. The van der Waals surface area contributed by atoms with E-state index in [9.17, 15) is 0 Å². The fraction of sp³-hybridized carbons (Fsp3) is 0.400. The molecule has 1 atom stereocenters. The van der Waals surface area contributed by atoms with Crippen LogP contribution in [-0.2, 0) is 0 Å². The first-order valence-electron chi connectivity index (χ1n) is 10.8. The summed E-state index contributed by atoms with van der Waals surface area (Å²) in [5, 5.41) is 0.0885. The van der Waals surface area contributed by atoms with Gasteiger partial charge in [-0.1, -0.05) is 44.2 Å². The number of alkyl halides is 1. The molecule has 0 aliphatic heterocycles. The first-order chi connectivity index (χ1) is 14.7. The molecule has 0 spiro atoms. The minimum Gasteiger partial charge on any atom is -0.493 e. The van der Waals surface area contributed by atoms with Gasteiger partial charge in [-0.05, 0) is 56.6 Å². The molecule has 3 rings (SSSR count). The van der Waals surface area contributed by atoms with E-state index in [0.717, 1.165) is 61.3 Å². The number of nitrogens with zero attached hydrogens (tertiary/aromatic N) is 2. The van der Waals surface area contributed by atoms with E-state index in [1.807, 2.05) is 60.7 Å². The summed E-state index contributed by atoms with van der Waals surface area (Å²) in [5.74, 6) is 1.42. The summed E-state index contributed by atoms with van der Waals surface area (Å²) in [6.45, 7) is 8.11. The van der Waals surface area contributed by atoms with E-state index in [1.165, 1.54) is 0 Å². The lowest BCUT2D eigenvalue weighted by Gasteiger charge is -2.23. The summed E-state index contributed by atoms with van der Waals surface area (Å²) >= 11 is 6.58. The van der Waals surface area contributed by atoms with Crippen molar-refractivity contribution in [3.05, 3.63) is 60.0 Å². The highest BCUT2D eigenvalue weighted by atomic mass is 35.5. The highest BCUT2D eigenvalue weighted by Gasteiger charge is 2.11. The van der Waals surface area contributed by atoms with Crippen LogP contribution in [-0.4, -0.2) is 41.5 Å². The van der Waals surface area contributed by atoms with Crippen molar-refractivity contribution in [2.24, 2.45) is 0 Å². The Morgan fingerprint density at radius 2 is 1.77 bits per heavy atom. The van der Waals surface area contributed by atoms with Crippen LogP contribution in [0.3, 0.4) is 0 Å². The number of oxazole rings is 1. The average molecular weight is 427 g/mol. The van der Waals surface area contributed by atoms with Gasteiger partial charge in [-0.2, -0.15) is 0 Å². The number of rotatable bonds is 12. The minimum absolute atomic E-state index is 0.0885. The number of ether oxygens (including phenoxy) is 1. The predicted octanol–water partition coefficient (Wildman–Crippen LogP) is 6.50. The maximum absolute atomic E-state index is 6.58. The lowest BCUT2D eigenvalue weighted by molar-refractivity contribution is 0.252. The van der Waals surface area contributed by atoms with E-state index in [-0.39, 0.29) is 5.38 Å². The third-order valence-electron chi connectivity index (χ3n) is 4.86. The Kier molecular flexibility index (Phi) is 8.79. The summed E-state index contributed by atoms with van der Waals surface area (Å²) in [5.41, 5.74) is 2.63. The Bertz CT molecular complexity index is 899. The summed E-state index contributed by atoms with van der Waals surface area (Å²) in [6.07, 6.45) is 6.97. The van der Waals surface area contributed by atoms with E-state index in [4.69, 9.17) is 20.8 Å². The normalized spacial score (nSPS) is 12.8. The predicted molar refractivity (Wildman–Crippen MR) is 126 cm³/mol. The van der Waals surface area contributed by atoms with Gasteiger partial charge in [-0.15, -0.1) is 11.6 Å². The molecule has 0 N–H and O–H groups in total. The van der Waals surface area contributed by atoms with Crippen molar-refractivity contribution < 1.29 is 9.15 Å². The van der Waals surface area contributed by atoms with Gasteiger partial charge >= 0.3 is 0 Å². The second kappa shape index (κ2) is 11.8. The van der Waals surface area contributed by atoms with Crippen LogP contribution in [0.15, 0.2) is 52.9 Å². The summed E-state index contributed by atoms with van der Waals surface area (Å²) < 4.78 is 11.8. The number of hydrogen-bond acceptors (Lipinski definition) is 4. The van der Waals surface area contributed by atoms with Crippen LogP contribution in [0, 0.1) is 0 Å². The standard InChI is InChI=1S/C25H31ClN2O2/c1-3-16-28(17-4-2)19-21(26)15-18-29-23-11-7-5-9-20(23)13-14-25-27-22-10-6-8-12-24(22)30-25/h5-14,21H,3-4,15-19H2,1-2H3/b14-13+. The van der Waals surface area contributed by atoms with E-state index < -0.39 is 0 Å². The molecule has 5 heteroatoms. The van der Waals surface area contributed by atoms with Crippen molar-refractivity contribution in [3.63, 3.8) is 0 Å². The molecule has 1 aromatic heterocycles. The summed E-state index contributed by atoms with van der Waals surface area (Å²) in [7, 11) is 0.